The van der Waals surface area contributed by atoms with E-state index < -0.39 is 0 Å². The first-order chi connectivity index (χ1) is 10.5. The Morgan fingerprint density at radius 2 is 2.14 bits per heavy atom. The first kappa shape index (κ1) is 14.5. The number of rotatable bonds is 3. The number of thiazole rings is 1. The van der Waals surface area contributed by atoms with E-state index >= 15 is 0 Å². The number of cyclic esters (lactones) is 1. The lowest BCUT2D eigenvalue weighted by Gasteiger charge is -2.24. The van der Waals surface area contributed by atoms with Crippen molar-refractivity contribution in [1.29, 1.82) is 5.26 Å². The van der Waals surface area contributed by atoms with Gasteiger partial charge >= 0.3 is 6.09 Å². The van der Waals surface area contributed by atoms with Gasteiger partial charge in [0.05, 0.1) is 23.7 Å². The molecule has 5 nitrogen and oxygen atoms in total. The molecule has 1 aromatic heterocycles. The minimum atomic E-state index is -0.386. The van der Waals surface area contributed by atoms with Crippen LogP contribution in [0.2, 0.25) is 0 Å². The fraction of sp³-hybridized carbons (Fsp3) is 0.312. The van der Waals surface area contributed by atoms with Crippen LogP contribution in [0, 0.1) is 11.3 Å². The van der Waals surface area contributed by atoms with Crippen molar-refractivity contribution in [2.45, 2.75) is 25.8 Å². The molecule has 0 radical (unpaired) electrons. The Kier molecular flexibility index (Phi) is 3.59. The number of amides is 1. The molecule has 22 heavy (non-hydrogen) atoms. The number of benzene rings is 1. The van der Waals surface area contributed by atoms with E-state index in [1.807, 2.05) is 43.5 Å². The summed E-state index contributed by atoms with van der Waals surface area (Å²) in [6.45, 7) is 4.27. The number of hydrogen-bond donors (Lipinski definition) is 0. The molecule has 0 atom stereocenters. The normalized spacial score (nSPS) is 16.4. The first-order valence-electron chi connectivity index (χ1n) is 6.90. The SMILES string of the molecule is CC1(C)COC(=O)N1c1nc(-c2ccc(CC#N)cc2)cs1. The molecule has 112 valence electrons. The number of carbonyl (C=O) groups excluding carboxylic acids is 1. The Morgan fingerprint density at radius 1 is 1.41 bits per heavy atom. The second-order valence-electron chi connectivity index (χ2n) is 5.75. The zero-order chi connectivity index (χ0) is 15.7. The maximum Gasteiger partial charge on any atom is 0.416 e. The number of aromatic nitrogens is 1. The van der Waals surface area contributed by atoms with Crippen LogP contribution in [0.1, 0.15) is 19.4 Å². The number of nitriles is 1. The van der Waals surface area contributed by atoms with Gasteiger partial charge in [-0.3, -0.25) is 0 Å². The number of nitrogens with zero attached hydrogens (tertiary/aromatic N) is 3. The van der Waals surface area contributed by atoms with E-state index in [-0.39, 0.29) is 11.6 Å². The van der Waals surface area contributed by atoms with Crippen LogP contribution in [-0.4, -0.2) is 23.2 Å². The second kappa shape index (κ2) is 5.43. The number of hydrogen-bond acceptors (Lipinski definition) is 5. The fourth-order valence-corrected chi connectivity index (χ4v) is 3.32. The lowest BCUT2D eigenvalue weighted by Crippen LogP contribution is -2.42. The van der Waals surface area contributed by atoms with E-state index in [4.69, 9.17) is 10.00 Å². The summed E-state index contributed by atoms with van der Waals surface area (Å²) in [6.07, 6.45) is 0.0476. The van der Waals surface area contributed by atoms with E-state index in [0.29, 0.717) is 18.2 Å². The van der Waals surface area contributed by atoms with Gasteiger partial charge in [-0.2, -0.15) is 5.26 Å². The van der Waals surface area contributed by atoms with Crippen LogP contribution in [0.15, 0.2) is 29.6 Å². The fourth-order valence-electron chi connectivity index (χ4n) is 2.34. The van der Waals surface area contributed by atoms with Crippen molar-refractivity contribution < 1.29 is 9.53 Å². The lowest BCUT2D eigenvalue weighted by atomic mass is 10.1. The largest absolute Gasteiger partial charge is 0.447 e. The summed E-state index contributed by atoms with van der Waals surface area (Å²) in [5.74, 6) is 0. The highest BCUT2D eigenvalue weighted by molar-refractivity contribution is 7.14. The average molecular weight is 313 g/mol. The predicted octanol–water partition coefficient (Wildman–Crippen LogP) is 3.61. The molecule has 3 rings (SSSR count). The van der Waals surface area contributed by atoms with Gasteiger partial charge < -0.3 is 4.74 Å². The van der Waals surface area contributed by atoms with Gasteiger partial charge in [0, 0.05) is 10.9 Å². The summed E-state index contributed by atoms with van der Waals surface area (Å²) < 4.78 is 5.12. The van der Waals surface area contributed by atoms with Crippen molar-refractivity contribution in [1.82, 2.24) is 4.98 Å². The summed E-state index contributed by atoms with van der Waals surface area (Å²) >= 11 is 1.42. The Labute approximate surface area is 132 Å². The van der Waals surface area contributed by atoms with Gasteiger partial charge in [0.15, 0.2) is 5.13 Å². The third-order valence-corrected chi connectivity index (χ3v) is 4.38. The lowest BCUT2D eigenvalue weighted by molar-refractivity contribution is 0.175. The van der Waals surface area contributed by atoms with Crippen LogP contribution in [0.4, 0.5) is 9.93 Å². The van der Waals surface area contributed by atoms with Crippen LogP contribution in [0.25, 0.3) is 11.3 Å². The number of anilines is 1. The zero-order valence-electron chi connectivity index (χ0n) is 12.4. The Morgan fingerprint density at radius 3 is 2.73 bits per heavy atom. The smallest absolute Gasteiger partial charge is 0.416 e. The van der Waals surface area contributed by atoms with Gasteiger partial charge in [-0.15, -0.1) is 11.3 Å². The molecule has 0 unspecified atom stereocenters. The molecule has 0 saturated carbocycles. The van der Waals surface area contributed by atoms with Crippen LogP contribution in [0.3, 0.4) is 0 Å². The second-order valence-corrected chi connectivity index (χ2v) is 6.59. The molecule has 2 aromatic rings. The third-order valence-electron chi connectivity index (χ3n) is 3.55. The third kappa shape index (κ3) is 2.55. The highest BCUT2D eigenvalue weighted by Crippen LogP contribution is 2.35. The standard InChI is InChI=1S/C16H15N3O2S/c1-16(2)10-21-15(20)19(16)14-18-13(9-22-14)12-5-3-11(4-6-12)7-8-17/h3-6,9H,7,10H2,1-2H3. The minimum absolute atomic E-state index is 0.352. The predicted molar refractivity (Wildman–Crippen MR) is 84.8 cm³/mol. The maximum atomic E-state index is 11.9. The van der Waals surface area contributed by atoms with Crippen molar-refractivity contribution in [2.24, 2.45) is 0 Å². The molecule has 1 aromatic carbocycles. The van der Waals surface area contributed by atoms with Crippen molar-refractivity contribution >= 4 is 22.6 Å². The van der Waals surface area contributed by atoms with Crippen LogP contribution in [-0.2, 0) is 11.2 Å². The van der Waals surface area contributed by atoms with E-state index in [2.05, 4.69) is 11.1 Å². The summed E-state index contributed by atoms with van der Waals surface area (Å²) in [6, 6.07) is 9.86. The molecule has 0 N–H and O–H groups in total. The monoisotopic (exact) mass is 313 g/mol. The minimum Gasteiger partial charge on any atom is -0.447 e. The summed E-state index contributed by atoms with van der Waals surface area (Å²) in [5, 5.41) is 11.3. The molecule has 6 heteroatoms. The van der Waals surface area contributed by atoms with Gasteiger partial charge in [0.2, 0.25) is 0 Å². The molecule has 1 amide bonds. The molecule has 1 fully saturated rings. The topological polar surface area (TPSA) is 66.2 Å². The van der Waals surface area contributed by atoms with Gasteiger partial charge in [-0.05, 0) is 19.4 Å². The summed E-state index contributed by atoms with van der Waals surface area (Å²) in [7, 11) is 0. The van der Waals surface area contributed by atoms with E-state index in [1.165, 1.54) is 11.3 Å². The maximum absolute atomic E-state index is 11.9. The molecule has 2 heterocycles. The number of carbonyl (C=O) groups is 1. The van der Waals surface area contributed by atoms with Crippen molar-refractivity contribution in [3.63, 3.8) is 0 Å². The highest BCUT2D eigenvalue weighted by Gasteiger charge is 2.42. The molecule has 1 aliphatic rings. The van der Waals surface area contributed by atoms with Crippen LogP contribution >= 0.6 is 11.3 Å². The molecule has 0 spiro atoms. The van der Waals surface area contributed by atoms with Crippen LogP contribution < -0.4 is 4.90 Å². The Bertz CT molecular complexity index is 743. The van der Waals surface area contributed by atoms with Crippen molar-refractivity contribution in [2.75, 3.05) is 11.5 Å². The van der Waals surface area contributed by atoms with Gasteiger partial charge in [-0.1, -0.05) is 24.3 Å². The summed E-state index contributed by atoms with van der Waals surface area (Å²) in [4.78, 5) is 18.1. The highest BCUT2D eigenvalue weighted by atomic mass is 32.1. The molecule has 0 bridgehead atoms. The molecule has 1 saturated heterocycles. The molecular weight excluding hydrogens is 298 g/mol. The zero-order valence-corrected chi connectivity index (χ0v) is 13.2. The van der Waals surface area contributed by atoms with Crippen molar-refractivity contribution in [3.05, 3.63) is 35.2 Å². The summed E-state index contributed by atoms with van der Waals surface area (Å²) in [5.41, 5.74) is 2.38. The molecular formula is C16H15N3O2S. The number of ether oxygens (including phenoxy) is 1. The van der Waals surface area contributed by atoms with Gasteiger partial charge in [-0.25, -0.2) is 14.7 Å². The van der Waals surface area contributed by atoms with E-state index in [1.54, 1.807) is 4.90 Å². The molecule has 1 aliphatic heterocycles. The van der Waals surface area contributed by atoms with Gasteiger partial charge in [0.1, 0.15) is 6.61 Å². The van der Waals surface area contributed by atoms with Crippen LogP contribution in [0.5, 0.6) is 0 Å². The average Bonchev–Trinajstić information content (AvgIpc) is 3.05. The van der Waals surface area contributed by atoms with E-state index in [0.717, 1.165) is 16.8 Å². The quantitative estimate of drug-likeness (QED) is 0.868. The van der Waals surface area contributed by atoms with E-state index in [9.17, 15) is 4.79 Å². The Balaban J connectivity index is 1.88. The first-order valence-corrected chi connectivity index (χ1v) is 7.78. The Hall–Kier alpha value is -2.39. The molecule has 0 aliphatic carbocycles. The van der Waals surface area contributed by atoms with Gasteiger partial charge in [0.25, 0.3) is 0 Å². The van der Waals surface area contributed by atoms with Crippen molar-refractivity contribution in [3.8, 4) is 17.3 Å².